The van der Waals surface area contributed by atoms with E-state index in [1.165, 1.54) is 4.90 Å². The van der Waals surface area contributed by atoms with Crippen LogP contribution < -0.4 is 5.32 Å². The zero-order valence-electron chi connectivity index (χ0n) is 8.31. The van der Waals surface area contributed by atoms with Crippen molar-refractivity contribution in [2.45, 2.75) is 18.1 Å². The van der Waals surface area contributed by atoms with Crippen molar-refractivity contribution < 1.29 is 17.4 Å². The molecule has 2 rings (SSSR count). The van der Waals surface area contributed by atoms with E-state index in [0.29, 0.717) is 39.0 Å². The lowest BCUT2D eigenvalue weighted by atomic mass is 10.4. The SMILES string of the molecule is O=C(OS(=O)(=O)C1CC1)N1CCNCC1. The summed E-state index contributed by atoms with van der Waals surface area (Å²) >= 11 is 0. The summed E-state index contributed by atoms with van der Waals surface area (Å²) in [6.45, 7) is 2.36. The summed E-state index contributed by atoms with van der Waals surface area (Å²) in [4.78, 5) is 12.9. The molecule has 0 bridgehead atoms. The van der Waals surface area contributed by atoms with E-state index in [2.05, 4.69) is 9.50 Å². The molecule has 0 spiro atoms. The molecule has 2 fully saturated rings. The van der Waals surface area contributed by atoms with E-state index in [-0.39, 0.29) is 0 Å². The van der Waals surface area contributed by atoms with Gasteiger partial charge >= 0.3 is 16.2 Å². The Morgan fingerprint density at radius 1 is 1.27 bits per heavy atom. The Kier molecular flexibility index (Phi) is 2.83. The Morgan fingerprint density at radius 2 is 1.87 bits per heavy atom. The zero-order chi connectivity index (χ0) is 10.9. The van der Waals surface area contributed by atoms with Gasteiger partial charge in [-0.1, -0.05) is 0 Å². The third-order valence-corrected chi connectivity index (χ3v) is 4.16. The first-order valence-electron chi connectivity index (χ1n) is 5.02. The first-order valence-corrected chi connectivity index (χ1v) is 6.50. The molecule has 1 aliphatic carbocycles. The predicted octanol–water partition coefficient (Wildman–Crippen LogP) is -0.480. The maximum absolute atomic E-state index is 11.4. The summed E-state index contributed by atoms with van der Waals surface area (Å²) in [5, 5.41) is 2.61. The Morgan fingerprint density at radius 3 is 2.40 bits per heavy atom. The number of hydrogen-bond acceptors (Lipinski definition) is 5. The fourth-order valence-electron chi connectivity index (χ4n) is 1.42. The van der Waals surface area contributed by atoms with E-state index >= 15 is 0 Å². The summed E-state index contributed by atoms with van der Waals surface area (Å²) in [5.74, 6) is 0. The number of hydrogen-bond donors (Lipinski definition) is 1. The molecule has 86 valence electrons. The minimum atomic E-state index is -3.65. The van der Waals surface area contributed by atoms with E-state index in [9.17, 15) is 13.2 Å². The molecule has 0 atom stereocenters. The molecule has 0 aromatic heterocycles. The lowest BCUT2D eigenvalue weighted by molar-refractivity contribution is 0.148. The second-order valence-corrected chi connectivity index (χ2v) is 5.60. The van der Waals surface area contributed by atoms with Gasteiger partial charge in [0.25, 0.3) is 0 Å². The van der Waals surface area contributed by atoms with Crippen LogP contribution >= 0.6 is 0 Å². The monoisotopic (exact) mass is 234 g/mol. The standard InChI is InChI=1S/C8H14N2O4S/c11-8(10-5-3-9-4-6-10)14-15(12,13)7-1-2-7/h7,9H,1-6H2. The normalized spacial score (nSPS) is 22.5. The van der Waals surface area contributed by atoms with Gasteiger partial charge < -0.3 is 14.4 Å². The van der Waals surface area contributed by atoms with Gasteiger partial charge in [0.1, 0.15) is 0 Å². The summed E-state index contributed by atoms with van der Waals surface area (Å²) in [7, 11) is -3.65. The molecule has 15 heavy (non-hydrogen) atoms. The quantitative estimate of drug-likeness (QED) is 0.653. The maximum Gasteiger partial charge on any atom is 0.425 e. The molecule has 0 aromatic rings. The van der Waals surface area contributed by atoms with Gasteiger partial charge in [-0.2, -0.15) is 8.42 Å². The lowest BCUT2D eigenvalue weighted by Gasteiger charge is -2.26. The third kappa shape index (κ3) is 2.60. The highest BCUT2D eigenvalue weighted by molar-refractivity contribution is 7.88. The van der Waals surface area contributed by atoms with E-state index in [0.717, 1.165) is 0 Å². The van der Waals surface area contributed by atoms with Gasteiger partial charge in [-0.25, -0.2) is 4.79 Å². The number of nitrogens with zero attached hydrogens (tertiary/aromatic N) is 1. The van der Waals surface area contributed by atoms with Gasteiger partial charge in [-0.3, -0.25) is 0 Å². The highest BCUT2D eigenvalue weighted by atomic mass is 32.2. The van der Waals surface area contributed by atoms with E-state index in [4.69, 9.17) is 0 Å². The van der Waals surface area contributed by atoms with Crippen LogP contribution in [0.25, 0.3) is 0 Å². The van der Waals surface area contributed by atoms with E-state index in [1.54, 1.807) is 0 Å². The van der Waals surface area contributed by atoms with Crippen LogP contribution in [0.2, 0.25) is 0 Å². The number of nitrogens with one attached hydrogen (secondary N) is 1. The van der Waals surface area contributed by atoms with Crippen molar-refractivity contribution in [3.8, 4) is 0 Å². The molecule has 1 saturated carbocycles. The molecule has 1 aliphatic heterocycles. The molecule has 1 heterocycles. The molecule has 2 aliphatic rings. The van der Waals surface area contributed by atoms with Crippen LogP contribution in [0.15, 0.2) is 0 Å². The minimum absolute atomic E-state index is 0.454. The average molecular weight is 234 g/mol. The molecule has 6 nitrogen and oxygen atoms in total. The molecule has 0 unspecified atom stereocenters. The number of piperazine rings is 1. The fraction of sp³-hybridized carbons (Fsp3) is 0.875. The smallest absolute Gasteiger partial charge is 0.328 e. The zero-order valence-corrected chi connectivity index (χ0v) is 9.12. The Labute approximate surface area is 88.7 Å². The molecule has 1 amide bonds. The van der Waals surface area contributed by atoms with Crippen LogP contribution in [0.4, 0.5) is 4.79 Å². The third-order valence-electron chi connectivity index (χ3n) is 2.50. The number of carbonyl (C=O) groups excluding carboxylic acids is 1. The summed E-state index contributed by atoms with van der Waals surface area (Å²) in [5.41, 5.74) is 0. The van der Waals surface area contributed by atoms with Crippen LogP contribution in [0.5, 0.6) is 0 Å². The first kappa shape index (κ1) is 10.7. The molecule has 7 heteroatoms. The molecule has 1 N–H and O–H groups in total. The maximum atomic E-state index is 11.4. The lowest BCUT2D eigenvalue weighted by Crippen LogP contribution is -2.47. The fourth-order valence-corrected chi connectivity index (χ4v) is 2.58. The highest BCUT2D eigenvalue weighted by Crippen LogP contribution is 2.29. The summed E-state index contributed by atoms with van der Waals surface area (Å²) < 4.78 is 27.3. The Hall–Kier alpha value is -0.820. The van der Waals surface area contributed by atoms with Gasteiger partial charge in [-0.05, 0) is 12.8 Å². The van der Waals surface area contributed by atoms with Crippen molar-refractivity contribution in [3.05, 3.63) is 0 Å². The van der Waals surface area contributed by atoms with Crippen LogP contribution in [0, 0.1) is 0 Å². The average Bonchev–Trinajstić information content (AvgIpc) is 3.01. The van der Waals surface area contributed by atoms with Crippen LogP contribution in [-0.4, -0.2) is 50.8 Å². The largest absolute Gasteiger partial charge is 0.425 e. The topological polar surface area (TPSA) is 75.7 Å². The number of amides is 1. The van der Waals surface area contributed by atoms with Crippen LogP contribution in [-0.2, 0) is 14.3 Å². The van der Waals surface area contributed by atoms with E-state index in [1.807, 2.05) is 0 Å². The Bertz CT molecular complexity index is 344. The van der Waals surface area contributed by atoms with Crippen molar-refractivity contribution in [2.24, 2.45) is 0 Å². The van der Waals surface area contributed by atoms with Gasteiger partial charge in [0.2, 0.25) is 0 Å². The van der Waals surface area contributed by atoms with Gasteiger partial charge in [0, 0.05) is 26.2 Å². The van der Waals surface area contributed by atoms with Crippen molar-refractivity contribution in [3.63, 3.8) is 0 Å². The van der Waals surface area contributed by atoms with Gasteiger partial charge in [-0.15, -0.1) is 0 Å². The highest BCUT2D eigenvalue weighted by Gasteiger charge is 2.39. The van der Waals surface area contributed by atoms with Crippen molar-refractivity contribution in [1.82, 2.24) is 10.2 Å². The van der Waals surface area contributed by atoms with Gasteiger partial charge in [0.15, 0.2) is 0 Å². The molecular formula is C8H14N2O4S. The first-order chi connectivity index (χ1) is 7.09. The van der Waals surface area contributed by atoms with Gasteiger partial charge in [0.05, 0.1) is 5.25 Å². The molecule has 0 aromatic carbocycles. The second-order valence-electron chi connectivity index (χ2n) is 3.78. The Balaban J connectivity index is 1.90. The summed E-state index contributed by atoms with van der Waals surface area (Å²) in [6, 6.07) is 0. The summed E-state index contributed by atoms with van der Waals surface area (Å²) in [6.07, 6.45) is 0.484. The molecule has 0 radical (unpaired) electrons. The van der Waals surface area contributed by atoms with E-state index < -0.39 is 21.5 Å². The number of carbonyl (C=O) groups is 1. The molecule has 1 saturated heterocycles. The van der Waals surface area contributed by atoms with Crippen molar-refractivity contribution >= 4 is 16.2 Å². The van der Waals surface area contributed by atoms with Crippen LogP contribution in [0.3, 0.4) is 0 Å². The predicted molar refractivity (Wildman–Crippen MR) is 52.9 cm³/mol. The van der Waals surface area contributed by atoms with Crippen molar-refractivity contribution in [1.29, 1.82) is 0 Å². The van der Waals surface area contributed by atoms with Crippen LogP contribution in [0.1, 0.15) is 12.8 Å². The molecular weight excluding hydrogens is 220 g/mol. The van der Waals surface area contributed by atoms with Crippen molar-refractivity contribution in [2.75, 3.05) is 26.2 Å². The minimum Gasteiger partial charge on any atom is -0.328 e. The number of rotatable bonds is 2. The second kappa shape index (κ2) is 3.97.